The van der Waals surface area contributed by atoms with E-state index >= 15 is 0 Å². The molecule has 0 N–H and O–H groups in total. The normalized spacial score (nSPS) is 28.8. The van der Waals surface area contributed by atoms with Gasteiger partial charge in [-0.15, -0.1) is 0 Å². The number of aldehydes is 1. The second-order valence-corrected chi connectivity index (χ2v) is 4.42. The van der Waals surface area contributed by atoms with Crippen molar-refractivity contribution in [3.8, 4) is 0 Å². The molecule has 0 amide bonds. The molecule has 0 aromatic rings. The van der Waals surface area contributed by atoms with Crippen LogP contribution in [0.1, 0.15) is 32.1 Å². The molecule has 5 heteroatoms. The summed E-state index contributed by atoms with van der Waals surface area (Å²) in [5, 5.41) is 0. The van der Waals surface area contributed by atoms with Crippen LogP contribution in [0.15, 0.2) is 0 Å². The molecule has 1 rings (SSSR count). The molecule has 2 nitrogen and oxygen atoms in total. The molecule has 0 spiro atoms. The average molecular weight is 238 g/mol. The van der Waals surface area contributed by atoms with Crippen molar-refractivity contribution in [3.63, 3.8) is 0 Å². The van der Waals surface area contributed by atoms with Gasteiger partial charge >= 0.3 is 6.18 Å². The minimum Gasteiger partial charge on any atom is -0.372 e. The first-order valence-electron chi connectivity index (χ1n) is 5.52. The minimum absolute atomic E-state index is 0.0194. The van der Waals surface area contributed by atoms with E-state index in [1.165, 1.54) is 0 Å². The predicted octanol–water partition coefficient (Wildman–Crippen LogP) is 2.96. The highest BCUT2D eigenvalue weighted by Gasteiger charge is 2.41. The van der Waals surface area contributed by atoms with Gasteiger partial charge in [0.1, 0.15) is 6.29 Å². The molecule has 94 valence electrons. The van der Waals surface area contributed by atoms with Gasteiger partial charge in [-0.25, -0.2) is 0 Å². The van der Waals surface area contributed by atoms with E-state index in [0.29, 0.717) is 25.7 Å². The average Bonchev–Trinajstić information content (AvgIpc) is 2.25. The van der Waals surface area contributed by atoms with E-state index in [4.69, 9.17) is 0 Å². The van der Waals surface area contributed by atoms with E-state index in [9.17, 15) is 18.0 Å². The summed E-state index contributed by atoms with van der Waals surface area (Å²) in [7, 11) is 1.09. The zero-order chi connectivity index (χ0) is 12.2. The fraction of sp³-hybridized carbons (Fsp3) is 0.909. The predicted molar refractivity (Wildman–Crippen MR) is 53.0 cm³/mol. The monoisotopic (exact) mass is 238 g/mol. The van der Waals surface area contributed by atoms with Crippen molar-refractivity contribution < 1.29 is 22.7 Å². The fourth-order valence-electron chi connectivity index (χ4n) is 2.23. The van der Waals surface area contributed by atoms with Gasteiger partial charge in [0.25, 0.3) is 0 Å². The molecule has 0 aromatic heterocycles. The lowest BCUT2D eigenvalue weighted by atomic mass is 9.80. The summed E-state index contributed by atoms with van der Waals surface area (Å²) in [6, 6.07) is 0. The van der Waals surface area contributed by atoms with Crippen molar-refractivity contribution in [2.75, 3.05) is 7.11 Å². The Labute approximate surface area is 93.2 Å². The Kier molecular flexibility index (Phi) is 4.77. The van der Waals surface area contributed by atoms with Gasteiger partial charge in [-0.1, -0.05) is 0 Å². The lowest BCUT2D eigenvalue weighted by Crippen LogP contribution is -2.33. The Morgan fingerprint density at radius 1 is 1.31 bits per heavy atom. The van der Waals surface area contributed by atoms with Crippen LogP contribution in [0.2, 0.25) is 0 Å². The Morgan fingerprint density at radius 3 is 2.25 bits per heavy atom. The van der Waals surface area contributed by atoms with Crippen LogP contribution in [0.25, 0.3) is 0 Å². The van der Waals surface area contributed by atoms with E-state index in [-0.39, 0.29) is 18.3 Å². The zero-order valence-corrected chi connectivity index (χ0v) is 9.30. The van der Waals surface area contributed by atoms with Crippen molar-refractivity contribution in [1.29, 1.82) is 0 Å². The van der Waals surface area contributed by atoms with Crippen LogP contribution in [-0.2, 0) is 9.53 Å². The molecular weight excluding hydrogens is 221 g/mol. The Balaban J connectivity index is 2.40. The lowest BCUT2D eigenvalue weighted by molar-refractivity contribution is -0.218. The minimum atomic E-state index is -4.28. The fourth-order valence-corrected chi connectivity index (χ4v) is 2.23. The van der Waals surface area contributed by atoms with E-state index in [1.807, 2.05) is 0 Å². The van der Waals surface area contributed by atoms with Crippen molar-refractivity contribution >= 4 is 6.29 Å². The smallest absolute Gasteiger partial charge is 0.372 e. The number of hydrogen-bond acceptors (Lipinski definition) is 2. The third-order valence-electron chi connectivity index (χ3n) is 3.28. The van der Waals surface area contributed by atoms with Crippen LogP contribution < -0.4 is 0 Å². The van der Waals surface area contributed by atoms with E-state index < -0.39 is 12.3 Å². The molecule has 16 heavy (non-hydrogen) atoms. The number of rotatable bonds is 4. The van der Waals surface area contributed by atoms with Gasteiger partial charge in [0.05, 0.1) is 0 Å². The second-order valence-electron chi connectivity index (χ2n) is 4.42. The molecule has 1 saturated carbocycles. The Hall–Kier alpha value is -0.580. The molecule has 0 radical (unpaired) electrons. The van der Waals surface area contributed by atoms with E-state index in [0.717, 1.165) is 13.4 Å². The summed E-state index contributed by atoms with van der Waals surface area (Å²) >= 11 is 0. The molecule has 1 aliphatic rings. The molecule has 0 saturated heterocycles. The topological polar surface area (TPSA) is 26.3 Å². The summed E-state index contributed by atoms with van der Waals surface area (Å²) in [4.78, 5) is 10.5. The highest BCUT2D eigenvalue weighted by Crippen LogP contribution is 2.35. The molecular formula is C11H17F3O2. The molecule has 0 bridgehead atoms. The van der Waals surface area contributed by atoms with Crippen LogP contribution in [-0.4, -0.2) is 25.7 Å². The van der Waals surface area contributed by atoms with Gasteiger partial charge < -0.3 is 9.53 Å². The van der Waals surface area contributed by atoms with Crippen LogP contribution in [0.4, 0.5) is 13.2 Å². The summed E-state index contributed by atoms with van der Waals surface area (Å²) in [5.41, 5.74) is 0. The number of methoxy groups -OCH3 is 1. The largest absolute Gasteiger partial charge is 0.414 e. The highest BCUT2D eigenvalue weighted by molar-refractivity contribution is 5.53. The summed E-state index contributed by atoms with van der Waals surface area (Å²) in [6.45, 7) is 0. The molecule has 1 unspecified atom stereocenters. The van der Waals surface area contributed by atoms with Gasteiger partial charge in [-0.2, -0.15) is 13.2 Å². The van der Waals surface area contributed by atoms with Gasteiger partial charge in [0, 0.05) is 13.0 Å². The first-order valence-corrected chi connectivity index (χ1v) is 5.52. The molecule has 1 fully saturated rings. The zero-order valence-electron chi connectivity index (χ0n) is 9.30. The van der Waals surface area contributed by atoms with Gasteiger partial charge in [0.15, 0.2) is 6.10 Å². The molecule has 1 aliphatic carbocycles. The van der Waals surface area contributed by atoms with Crippen molar-refractivity contribution in [2.24, 2.45) is 11.8 Å². The number of hydrogen-bond donors (Lipinski definition) is 0. The maximum absolute atomic E-state index is 12.4. The number of alkyl halides is 3. The van der Waals surface area contributed by atoms with Gasteiger partial charge in [-0.05, 0) is 38.0 Å². The summed E-state index contributed by atoms with van der Waals surface area (Å²) in [5.74, 6) is 0.0749. The Morgan fingerprint density at radius 2 is 1.88 bits per heavy atom. The first kappa shape index (κ1) is 13.5. The molecule has 1 atom stereocenters. The number of carbonyl (C=O) groups is 1. The SMILES string of the molecule is COC(CC1CCC(C=O)CC1)C(F)(F)F. The van der Waals surface area contributed by atoms with Crippen molar-refractivity contribution in [3.05, 3.63) is 0 Å². The van der Waals surface area contributed by atoms with Crippen molar-refractivity contribution in [1.82, 2.24) is 0 Å². The van der Waals surface area contributed by atoms with Crippen LogP contribution in [0, 0.1) is 11.8 Å². The van der Waals surface area contributed by atoms with Crippen LogP contribution >= 0.6 is 0 Å². The lowest BCUT2D eigenvalue weighted by Gasteiger charge is -2.29. The summed E-state index contributed by atoms with van der Waals surface area (Å²) < 4.78 is 41.8. The van der Waals surface area contributed by atoms with E-state index in [2.05, 4.69) is 4.74 Å². The number of halogens is 3. The standard InChI is InChI=1S/C11H17F3O2/c1-16-10(11(12,13)14)6-8-2-4-9(7-15)5-3-8/h7-10H,2-6H2,1H3. The number of ether oxygens (including phenoxy) is 1. The molecule has 0 aliphatic heterocycles. The maximum atomic E-state index is 12.4. The first-order chi connectivity index (χ1) is 7.47. The quantitative estimate of drug-likeness (QED) is 0.704. The highest BCUT2D eigenvalue weighted by atomic mass is 19.4. The maximum Gasteiger partial charge on any atom is 0.414 e. The van der Waals surface area contributed by atoms with Crippen LogP contribution in [0.5, 0.6) is 0 Å². The second kappa shape index (κ2) is 5.66. The summed E-state index contributed by atoms with van der Waals surface area (Å²) in [6.07, 6.45) is -2.20. The van der Waals surface area contributed by atoms with E-state index in [1.54, 1.807) is 0 Å². The third-order valence-corrected chi connectivity index (χ3v) is 3.28. The molecule has 0 aromatic carbocycles. The van der Waals surface area contributed by atoms with Gasteiger partial charge in [0.2, 0.25) is 0 Å². The van der Waals surface area contributed by atoms with Crippen molar-refractivity contribution in [2.45, 2.75) is 44.4 Å². The molecule has 0 heterocycles. The van der Waals surface area contributed by atoms with Crippen LogP contribution in [0.3, 0.4) is 0 Å². The Bertz CT molecular complexity index is 220. The van der Waals surface area contributed by atoms with Gasteiger partial charge in [-0.3, -0.25) is 0 Å². The third kappa shape index (κ3) is 3.77. The number of carbonyl (C=O) groups excluding carboxylic acids is 1.